The molecule has 3 N–H and O–H groups in total. The molecule has 26 heavy (non-hydrogen) atoms. The monoisotopic (exact) mass is 353 g/mol. The van der Waals surface area contributed by atoms with Crippen LogP contribution in [0.3, 0.4) is 0 Å². The van der Waals surface area contributed by atoms with E-state index in [2.05, 4.69) is 4.98 Å². The van der Waals surface area contributed by atoms with Crippen molar-refractivity contribution in [3.8, 4) is 11.5 Å². The molecule has 3 aromatic rings. The Balaban J connectivity index is 1.83. The minimum absolute atomic E-state index is 0.0359. The second kappa shape index (κ2) is 7.52. The van der Waals surface area contributed by atoms with Crippen molar-refractivity contribution in [1.29, 1.82) is 0 Å². The molecular weight excluding hydrogens is 337 g/mol. The van der Waals surface area contributed by atoms with Crippen LogP contribution in [0.1, 0.15) is 5.56 Å². The van der Waals surface area contributed by atoms with Gasteiger partial charge in [0.05, 0.1) is 12.2 Å². The Morgan fingerprint density at radius 1 is 1.12 bits per heavy atom. The molecule has 0 aliphatic rings. The zero-order valence-corrected chi connectivity index (χ0v) is 13.7. The summed E-state index contributed by atoms with van der Waals surface area (Å²) in [5.74, 6) is 0.202. The fourth-order valence-corrected chi connectivity index (χ4v) is 2.42. The lowest BCUT2D eigenvalue weighted by atomic mass is 10.2. The fourth-order valence-electron chi connectivity index (χ4n) is 2.42. The summed E-state index contributed by atoms with van der Waals surface area (Å²) in [5.41, 5.74) is 6.27. The molecule has 3 rings (SSSR count). The molecule has 0 aliphatic heterocycles. The number of aromatic nitrogens is 1. The molecule has 7 heteroatoms. The highest BCUT2D eigenvalue weighted by atomic mass is 19.1. The lowest BCUT2D eigenvalue weighted by molar-refractivity contribution is 0.201. The Bertz CT molecular complexity index is 919. The van der Waals surface area contributed by atoms with Crippen molar-refractivity contribution in [2.24, 2.45) is 0 Å². The highest BCUT2D eigenvalue weighted by molar-refractivity contribution is 5.86. The van der Waals surface area contributed by atoms with Gasteiger partial charge >= 0.3 is 6.09 Å². The minimum atomic E-state index is -1.25. The predicted octanol–water partition coefficient (Wildman–Crippen LogP) is 4.28. The first-order valence-corrected chi connectivity index (χ1v) is 7.76. The van der Waals surface area contributed by atoms with Crippen LogP contribution >= 0.6 is 0 Å². The molecule has 1 amide bonds. The number of benzene rings is 2. The van der Waals surface area contributed by atoms with E-state index in [4.69, 9.17) is 10.5 Å². The summed E-state index contributed by atoms with van der Waals surface area (Å²) in [6.07, 6.45) is 0.227. The average Bonchev–Trinajstić information content (AvgIpc) is 2.61. The van der Waals surface area contributed by atoms with E-state index in [1.54, 1.807) is 30.3 Å². The molecule has 0 saturated carbocycles. The van der Waals surface area contributed by atoms with Crippen LogP contribution in [-0.2, 0) is 6.54 Å². The van der Waals surface area contributed by atoms with Crippen molar-refractivity contribution < 1.29 is 19.0 Å². The number of carbonyl (C=O) groups is 1. The van der Waals surface area contributed by atoms with Gasteiger partial charge in [-0.25, -0.2) is 14.2 Å². The van der Waals surface area contributed by atoms with E-state index in [9.17, 15) is 14.3 Å². The van der Waals surface area contributed by atoms with E-state index in [1.807, 2.05) is 6.07 Å². The summed E-state index contributed by atoms with van der Waals surface area (Å²) >= 11 is 0. The van der Waals surface area contributed by atoms with Crippen LogP contribution in [0.15, 0.2) is 66.9 Å². The van der Waals surface area contributed by atoms with Gasteiger partial charge in [-0.15, -0.1) is 0 Å². The molecule has 0 fully saturated rings. The summed E-state index contributed by atoms with van der Waals surface area (Å²) in [6.45, 7) is 0.0359. The Hall–Kier alpha value is -3.61. The van der Waals surface area contributed by atoms with E-state index in [0.717, 1.165) is 16.5 Å². The minimum Gasteiger partial charge on any atom is -0.465 e. The molecule has 1 heterocycles. The maximum atomic E-state index is 14.5. The number of anilines is 2. The summed E-state index contributed by atoms with van der Waals surface area (Å²) in [6, 6.07) is 16.1. The summed E-state index contributed by atoms with van der Waals surface area (Å²) in [7, 11) is 0. The van der Waals surface area contributed by atoms with Gasteiger partial charge in [-0.05, 0) is 23.8 Å². The third kappa shape index (κ3) is 4.07. The van der Waals surface area contributed by atoms with Gasteiger partial charge < -0.3 is 15.6 Å². The van der Waals surface area contributed by atoms with Crippen LogP contribution in [0.25, 0.3) is 0 Å². The molecule has 0 aliphatic carbocycles. The molecule has 0 bridgehead atoms. The van der Waals surface area contributed by atoms with Crippen LogP contribution in [0.5, 0.6) is 11.5 Å². The number of carboxylic acid groups (broad SMARTS) is 1. The Morgan fingerprint density at radius 3 is 2.50 bits per heavy atom. The summed E-state index contributed by atoms with van der Waals surface area (Å²) in [5, 5.41) is 9.45. The fraction of sp³-hybridized carbons (Fsp3) is 0.0526. The van der Waals surface area contributed by atoms with E-state index < -0.39 is 11.9 Å². The molecule has 0 radical (unpaired) electrons. The van der Waals surface area contributed by atoms with Gasteiger partial charge in [0.25, 0.3) is 0 Å². The number of hydrogen-bond acceptors (Lipinski definition) is 4. The lowest BCUT2D eigenvalue weighted by Crippen LogP contribution is -2.29. The quantitative estimate of drug-likeness (QED) is 0.715. The zero-order valence-electron chi connectivity index (χ0n) is 13.7. The molecule has 6 nitrogen and oxygen atoms in total. The van der Waals surface area contributed by atoms with Crippen LogP contribution < -0.4 is 15.4 Å². The number of hydrogen-bond donors (Lipinski definition) is 2. The van der Waals surface area contributed by atoms with Gasteiger partial charge in [0.1, 0.15) is 17.3 Å². The number of nitrogen functional groups attached to an aromatic ring is 1. The first kappa shape index (κ1) is 17.2. The zero-order chi connectivity index (χ0) is 18.5. The number of amides is 1. The summed E-state index contributed by atoms with van der Waals surface area (Å²) < 4.78 is 20.1. The van der Waals surface area contributed by atoms with Gasteiger partial charge in [-0.1, -0.05) is 30.3 Å². The van der Waals surface area contributed by atoms with Crippen molar-refractivity contribution >= 4 is 17.6 Å². The smallest absolute Gasteiger partial charge is 0.412 e. The highest BCUT2D eigenvalue weighted by Gasteiger charge is 2.19. The van der Waals surface area contributed by atoms with Crippen LogP contribution in [-0.4, -0.2) is 16.2 Å². The van der Waals surface area contributed by atoms with Crippen molar-refractivity contribution in [3.05, 3.63) is 78.2 Å². The maximum Gasteiger partial charge on any atom is 0.412 e. The first-order chi connectivity index (χ1) is 12.5. The standard InChI is InChI=1S/C19H16FN3O3/c20-16-10-14(26-15-8-9-22-18(21)11-15)6-7-17(16)23(19(24)25)12-13-4-2-1-3-5-13/h1-11H,12H2,(H2,21,22)(H,24,25). The van der Waals surface area contributed by atoms with Gasteiger partial charge in [0.2, 0.25) is 0 Å². The van der Waals surface area contributed by atoms with Crippen molar-refractivity contribution in [1.82, 2.24) is 4.98 Å². The number of pyridine rings is 1. The molecular formula is C19H16FN3O3. The second-order valence-corrected chi connectivity index (χ2v) is 5.49. The van der Waals surface area contributed by atoms with E-state index >= 15 is 0 Å². The van der Waals surface area contributed by atoms with E-state index in [0.29, 0.717) is 5.75 Å². The van der Waals surface area contributed by atoms with Gasteiger partial charge in [-0.2, -0.15) is 0 Å². The van der Waals surface area contributed by atoms with E-state index in [-0.39, 0.29) is 23.8 Å². The normalized spacial score (nSPS) is 10.3. The highest BCUT2D eigenvalue weighted by Crippen LogP contribution is 2.29. The maximum absolute atomic E-state index is 14.5. The molecule has 0 spiro atoms. The molecule has 132 valence electrons. The Kier molecular flexibility index (Phi) is 4.98. The topological polar surface area (TPSA) is 88.7 Å². The Morgan fingerprint density at radius 2 is 1.85 bits per heavy atom. The Labute approximate surface area is 149 Å². The van der Waals surface area contributed by atoms with Crippen LogP contribution in [0.4, 0.5) is 20.7 Å². The van der Waals surface area contributed by atoms with Crippen molar-refractivity contribution in [2.45, 2.75) is 6.54 Å². The number of halogens is 1. The van der Waals surface area contributed by atoms with Crippen LogP contribution in [0, 0.1) is 5.82 Å². The summed E-state index contributed by atoms with van der Waals surface area (Å²) in [4.78, 5) is 16.4. The molecule has 0 atom stereocenters. The predicted molar refractivity (Wildman–Crippen MR) is 95.8 cm³/mol. The molecule has 0 unspecified atom stereocenters. The number of nitrogens with zero attached hydrogens (tertiary/aromatic N) is 2. The molecule has 2 aromatic carbocycles. The number of rotatable bonds is 5. The largest absolute Gasteiger partial charge is 0.465 e. The lowest BCUT2D eigenvalue weighted by Gasteiger charge is -2.20. The van der Waals surface area contributed by atoms with Gasteiger partial charge in [0, 0.05) is 18.3 Å². The SMILES string of the molecule is Nc1cc(Oc2ccc(N(Cc3ccccc3)C(=O)O)c(F)c2)ccn1. The van der Waals surface area contributed by atoms with Gasteiger partial charge in [0.15, 0.2) is 5.82 Å². The molecule has 0 saturated heterocycles. The van der Waals surface area contributed by atoms with Crippen LogP contribution in [0.2, 0.25) is 0 Å². The molecule has 1 aromatic heterocycles. The number of nitrogens with two attached hydrogens (primary N) is 1. The third-order valence-corrected chi connectivity index (χ3v) is 3.61. The number of ether oxygens (including phenoxy) is 1. The third-order valence-electron chi connectivity index (χ3n) is 3.61. The van der Waals surface area contributed by atoms with Gasteiger partial charge in [-0.3, -0.25) is 4.90 Å². The van der Waals surface area contributed by atoms with E-state index in [1.165, 1.54) is 24.4 Å². The average molecular weight is 353 g/mol. The van der Waals surface area contributed by atoms with Crippen molar-refractivity contribution in [2.75, 3.05) is 10.6 Å². The first-order valence-electron chi connectivity index (χ1n) is 7.76. The second-order valence-electron chi connectivity index (χ2n) is 5.49. The van der Waals surface area contributed by atoms with Crippen molar-refractivity contribution in [3.63, 3.8) is 0 Å².